The van der Waals surface area contributed by atoms with Gasteiger partial charge in [-0.05, 0) is 13.3 Å². The van der Waals surface area contributed by atoms with Gasteiger partial charge in [-0.25, -0.2) is 0 Å². The van der Waals surface area contributed by atoms with Crippen molar-refractivity contribution < 1.29 is 4.79 Å². The number of nitrogens with one attached hydrogen (secondary N) is 1. The third-order valence-corrected chi connectivity index (χ3v) is 1.97. The summed E-state index contributed by atoms with van der Waals surface area (Å²) in [7, 11) is 0. The molecule has 0 radical (unpaired) electrons. The van der Waals surface area contributed by atoms with Crippen molar-refractivity contribution in [1.82, 2.24) is 5.32 Å². The van der Waals surface area contributed by atoms with E-state index in [1.54, 1.807) is 0 Å². The van der Waals surface area contributed by atoms with E-state index < -0.39 is 0 Å². The minimum atomic E-state index is 0.00972. The van der Waals surface area contributed by atoms with Crippen LogP contribution in [0.15, 0.2) is 0 Å². The van der Waals surface area contributed by atoms with Crippen molar-refractivity contribution in [3.8, 4) is 0 Å². The minimum absolute atomic E-state index is 0.00972. The zero-order chi connectivity index (χ0) is 8.85. The fourth-order valence-corrected chi connectivity index (χ4v) is 1.09. The highest BCUT2D eigenvalue weighted by atomic mass is 35.5. The van der Waals surface area contributed by atoms with Crippen molar-refractivity contribution in [2.24, 2.45) is 0 Å². The summed E-state index contributed by atoms with van der Waals surface area (Å²) in [6, 6.07) is 0.115. The predicted octanol–water partition coefficient (Wildman–Crippen LogP) is 1.92. The zero-order valence-electron chi connectivity index (χ0n) is 7.36. The Kier molecular flexibility index (Phi) is 5.30. The third kappa shape index (κ3) is 4.25. The number of halogens is 1. The van der Waals surface area contributed by atoms with Gasteiger partial charge < -0.3 is 5.32 Å². The van der Waals surface area contributed by atoms with Crippen molar-refractivity contribution >= 4 is 17.5 Å². The Labute approximate surface area is 73.3 Å². The van der Waals surface area contributed by atoms with E-state index in [-0.39, 0.29) is 17.3 Å². The molecule has 0 spiro atoms. The maximum Gasteiger partial charge on any atom is 0.219 e. The molecule has 66 valence electrons. The molecule has 11 heavy (non-hydrogen) atoms. The Balaban J connectivity index is 3.78. The Hall–Kier alpha value is -0.240. The summed E-state index contributed by atoms with van der Waals surface area (Å²) in [4.78, 5) is 10.9. The lowest BCUT2D eigenvalue weighted by atomic mass is 10.1. The van der Waals surface area contributed by atoms with Crippen LogP contribution in [0.4, 0.5) is 0 Å². The van der Waals surface area contributed by atoms with E-state index in [1.807, 2.05) is 20.8 Å². The number of carbonyl (C=O) groups excluding carboxylic acids is 1. The molecule has 0 saturated heterocycles. The van der Waals surface area contributed by atoms with Gasteiger partial charge in [-0.1, -0.05) is 13.8 Å². The van der Waals surface area contributed by atoms with E-state index >= 15 is 0 Å². The molecule has 0 bridgehead atoms. The predicted molar refractivity (Wildman–Crippen MR) is 47.8 cm³/mol. The van der Waals surface area contributed by atoms with Gasteiger partial charge in [0.15, 0.2) is 0 Å². The number of alkyl halides is 1. The molecule has 0 aliphatic carbocycles. The molecule has 3 heteroatoms. The standard InChI is InChI=1S/C8H16ClNO/c1-4-7(6(3)9)10-8(11)5-2/h6-7H,4-5H2,1-3H3,(H,10,11). The Bertz CT molecular complexity index is 125. The van der Waals surface area contributed by atoms with Crippen LogP contribution in [-0.2, 0) is 4.79 Å². The molecule has 0 aromatic carbocycles. The molecule has 1 N–H and O–H groups in total. The van der Waals surface area contributed by atoms with Crippen molar-refractivity contribution in [2.75, 3.05) is 0 Å². The van der Waals surface area contributed by atoms with Crippen molar-refractivity contribution in [1.29, 1.82) is 0 Å². The Morgan fingerprint density at radius 2 is 2.09 bits per heavy atom. The summed E-state index contributed by atoms with van der Waals surface area (Å²) < 4.78 is 0. The van der Waals surface area contributed by atoms with Crippen LogP contribution in [0.1, 0.15) is 33.6 Å². The summed E-state index contributed by atoms with van der Waals surface area (Å²) in [6.07, 6.45) is 1.41. The van der Waals surface area contributed by atoms with Crippen LogP contribution >= 0.6 is 11.6 Å². The van der Waals surface area contributed by atoms with E-state index in [1.165, 1.54) is 0 Å². The number of carbonyl (C=O) groups is 1. The third-order valence-electron chi connectivity index (χ3n) is 1.66. The number of hydrogen-bond acceptors (Lipinski definition) is 1. The van der Waals surface area contributed by atoms with Crippen molar-refractivity contribution in [3.63, 3.8) is 0 Å². The monoisotopic (exact) mass is 177 g/mol. The fourth-order valence-electron chi connectivity index (χ4n) is 0.851. The lowest BCUT2D eigenvalue weighted by Gasteiger charge is -2.18. The second-order valence-corrected chi connectivity index (χ2v) is 3.30. The first kappa shape index (κ1) is 10.8. The largest absolute Gasteiger partial charge is 0.352 e. The first-order chi connectivity index (χ1) is 5.11. The number of amides is 1. The van der Waals surface area contributed by atoms with E-state index in [0.29, 0.717) is 6.42 Å². The van der Waals surface area contributed by atoms with Gasteiger partial charge in [0, 0.05) is 12.5 Å². The molecule has 0 rings (SSSR count). The molecule has 2 nitrogen and oxygen atoms in total. The smallest absolute Gasteiger partial charge is 0.219 e. The summed E-state index contributed by atoms with van der Waals surface area (Å²) >= 11 is 5.83. The van der Waals surface area contributed by atoms with E-state index in [9.17, 15) is 4.79 Å². The summed E-state index contributed by atoms with van der Waals surface area (Å²) in [5.74, 6) is 0.0735. The van der Waals surface area contributed by atoms with Crippen LogP contribution < -0.4 is 5.32 Å². The highest BCUT2D eigenvalue weighted by molar-refractivity contribution is 6.20. The number of hydrogen-bond donors (Lipinski definition) is 1. The highest BCUT2D eigenvalue weighted by Gasteiger charge is 2.13. The molecule has 0 saturated carbocycles. The SMILES string of the molecule is CCC(=O)NC(CC)C(C)Cl. The molecule has 0 heterocycles. The molecule has 0 aliphatic heterocycles. The van der Waals surface area contributed by atoms with Crippen LogP contribution in [0.2, 0.25) is 0 Å². The molecule has 0 fully saturated rings. The zero-order valence-corrected chi connectivity index (χ0v) is 8.11. The topological polar surface area (TPSA) is 29.1 Å². The average molecular weight is 178 g/mol. The van der Waals surface area contributed by atoms with Gasteiger partial charge in [-0.3, -0.25) is 4.79 Å². The minimum Gasteiger partial charge on any atom is -0.352 e. The maximum absolute atomic E-state index is 10.9. The molecule has 1 amide bonds. The fraction of sp³-hybridized carbons (Fsp3) is 0.875. The van der Waals surface area contributed by atoms with Gasteiger partial charge in [0.1, 0.15) is 0 Å². The lowest BCUT2D eigenvalue weighted by molar-refractivity contribution is -0.121. The van der Waals surface area contributed by atoms with E-state index in [2.05, 4.69) is 5.32 Å². The van der Waals surface area contributed by atoms with E-state index in [4.69, 9.17) is 11.6 Å². The molecule has 2 atom stereocenters. The van der Waals surface area contributed by atoms with Gasteiger partial charge in [-0.2, -0.15) is 0 Å². The summed E-state index contributed by atoms with van der Waals surface area (Å²) in [5, 5.41) is 2.85. The molecule has 0 aromatic rings. The van der Waals surface area contributed by atoms with Gasteiger partial charge in [0.05, 0.1) is 5.38 Å². The first-order valence-corrected chi connectivity index (χ1v) is 4.48. The quantitative estimate of drug-likeness (QED) is 0.654. The van der Waals surface area contributed by atoms with Crippen molar-refractivity contribution in [2.45, 2.75) is 45.0 Å². The van der Waals surface area contributed by atoms with Crippen molar-refractivity contribution in [3.05, 3.63) is 0 Å². The summed E-state index contributed by atoms with van der Waals surface area (Å²) in [5.41, 5.74) is 0. The second kappa shape index (κ2) is 5.42. The normalized spacial score (nSPS) is 15.6. The average Bonchev–Trinajstić information content (AvgIpc) is 1.99. The van der Waals surface area contributed by atoms with Gasteiger partial charge in [-0.15, -0.1) is 11.6 Å². The van der Waals surface area contributed by atoms with Crippen LogP contribution in [0, 0.1) is 0 Å². The van der Waals surface area contributed by atoms with Gasteiger partial charge in [0.2, 0.25) is 5.91 Å². The lowest BCUT2D eigenvalue weighted by Crippen LogP contribution is -2.39. The van der Waals surface area contributed by atoms with Crippen LogP contribution in [0.3, 0.4) is 0 Å². The first-order valence-electron chi connectivity index (χ1n) is 4.05. The maximum atomic E-state index is 10.9. The second-order valence-electron chi connectivity index (χ2n) is 2.61. The molecule has 0 aromatic heterocycles. The van der Waals surface area contributed by atoms with Gasteiger partial charge in [0.25, 0.3) is 0 Å². The Morgan fingerprint density at radius 3 is 2.36 bits per heavy atom. The molecule has 2 unspecified atom stereocenters. The van der Waals surface area contributed by atoms with Crippen LogP contribution in [0.5, 0.6) is 0 Å². The molecular formula is C8H16ClNO. The van der Waals surface area contributed by atoms with E-state index in [0.717, 1.165) is 6.42 Å². The highest BCUT2D eigenvalue weighted by Crippen LogP contribution is 2.05. The Morgan fingerprint density at radius 1 is 1.55 bits per heavy atom. The number of rotatable bonds is 4. The van der Waals surface area contributed by atoms with Crippen LogP contribution in [-0.4, -0.2) is 17.3 Å². The summed E-state index contributed by atoms with van der Waals surface area (Å²) in [6.45, 7) is 5.74. The van der Waals surface area contributed by atoms with Gasteiger partial charge >= 0.3 is 0 Å². The van der Waals surface area contributed by atoms with Crippen LogP contribution in [0.25, 0.3) is 0 Å². The molecular weight excluding hydrogens is 162 g/mol. The molecule has 0 aliphatic rings.